The highest BCUT2D eigenvalue weighted by atomic mass is 35.5. The number of aliphatic hydroxyl groups excluding tert-OH is 2. The van der Waals surface area contributed by atoms with Crippen LogP contribution in [0.4, 0.5) is 5.82 Å². The van der Waals surface area contributed by atoms with Crippen molar-refractivity contribution < 1.29 is 10.2 Å². The molecule has 2 aromatic heterocycles. The molecule has 6 nitrogen and oxygen atoms in total. The molecule has 4 atom stereocenters. The summed E-state index contributed by atoms with van der Waals surface area (Å²) < 4.78 is 1.92. The number of hydrogen-bond acceptors (Lipinski definition) is 6. The first kappa shape index (κ1) is 17.6. The molecule has 3 aromatic rings. The quantitative estimate of drug-likeness (QED) is 0.635. The summed E-state index contributed by atoms with van der Waals surface area (Å²) in [5.41, 5.74) is 2.60. The Morgan fingerprint density at radius 1 is 1.35 bits per heavy atom. The van der Waals surface area contributed by atoms with Gasteiger partial charge >= 0.3 is 0 Å². The van der Waals surface area contributed by atoms with E-state index < -0.39 is 12.2 Å². The number of aromatic nitrogens is 3. The fraction of sp³-hybridized carbons (Fsp3) is 0.333. The Morgan fingerprint density at radius 3 is 2.92 bits per heavy atom. The normalized spacial score (nSPS) is 24.1. The Labute approximate surface area is 160 Å². The van der Waals surface area contributed by atoms with Gasteiger partial charge in [0, 0.05) is 23.2 Å². The summed E-state index contributed by atoms with van der Waals surface area (Å²) in [4.78, 5) is 8.92. The molecule has 8 heteroatoms. The third-order valence-electron chi connectivity index (χ3n) is 4.60. The van der Waals surface area contributed by atoms with Crippen LogP contribution in [0.15, 0.2) is 42.9 Å². The number of benzene rings is 1. The van der Waals surface area contributed by atoms with Gasteiger partial charge < -0.3 is 15.5 Å². The van der Waals surface area contributed by atoms with Crippen LogP contribution in [0.1, 0.15) is 29.5 Å². The van der Waals surface area contributed by atoms with Crippen molar-refractivity contribution in [1.29, 1.82) is 0 Å². The van der Waals surface area contributed by atoms with E-state index in [4.69, 9.17) is 11.6 Å². The summed E-state index contributed by atoms with van der Waals surface area (Å²) in [5.74, 6) is 1.17. The number of nitrogens with zero attached hydrogens (tertiary/aromatic N) is 3. The third-order valence-corrected chi connectivity index (χ3v) is 6.25. The Morgan fingerprint density at radius 2 is 2.19 bits per heavy atom. The van der Waals surface area contributed by atoms with Gasteiger partial charge in [-0.15, -0.1) is 11.8 Å². The number of anilines is 1. The van der Waals surface area contributed by atoms with Crippen molar-refractivity contribution in [3.8, 4) is 0 Å². The topological polar surface area (TPSA) is 82.7 Å². The van der Waals surface area contributed by atoms with Gasteiger partial charge in [-0.25, -0.2) is 9.97 Å². The molecule has 1 fully saturated rings. The van der Waals surface area contributed by atoms with Gasteiger partial charge in [0.05, 0.1) is 35.4 Å². The Kier molecular flexibility index (Phi) is 4.79. The predicted octanol–water partition coefficient (Wildman–Crippen LogP) is 3.07. The summed E-state index contributed by atoms with van der Waals surface area (Å²) in [6.45, 7) is 2.04. The number of fused-ring (bicyclic) bond motifs is 1. The van der Waals surface area contributed by atoms with Crippen LogP contribution in [-0.4, -0.2) is 42.5 Å². The first-order valence-electron chi connectivity index (χ1n) is 8.36. The van der Waals surface area contributed by atoms with E-state index in [1.54, 1.807) is 12.4 Å². The van der Waals surface area contributed by atoms with Gasteiger partial charge in [0.2, 0.25) is 0 Å². The van der Waals surface area contributed by atoms with E-state index in [2.05, 4.69) is 15.3 Å². The summed E-state index contributed by atoms with van der Waals surface area (Å²) in [6.07, 6.45) is 3.76. The maximum Gasteiger partial charge on any atom is 0.180 e. The first-order chi connectivity index (χ1) is 12.5. The second-order valence-corrected chi connectivity index (χ2v) is 8.00. The summed E-state index contributed by atoms with van der Waals surface area (Å²) in [5, 5.41) is 23.9. The number of halogens is 1. The van der Waals surface area contributed by atoms with Gasteiger partial charge in [-0.2, -0.15) is 0 Å². The van der Waals surface area contributed by atoms with E-state index in [-0.39, 0.29) is 11.3 Å². The van der Waals surface area contributed by atoms with Gasteiger partial charge in [-0.1, -0.05) is 23.7 Å². The Hall–Kier alpha value is -1.80. The molecule has 0 bridgehead atoms. The molecule has 136 valence electrons. The average molecular weight is 391 g/mol. The molecule has 1 saturated heterocycles. The van der Waals surface area contributed by atoms with Crippen LogP contribution < -0.4 is 5.32 Å². The van der Waals surface area contributed by atoms with Crippen LogP contribution >= 0.6 is 23.4 Å². The average Bonchev–Trinajstić information content (AvgIpc) is 3.19. The van der Waals surface area contributed by atoms with Gasteiger partial charge in [0.25, 0.3) is 0 Å². The predicted molar refractivity (Wildman–Crippen MR) is 104 cm³/mol. The number of thioether (sulfide) groups is 1. The van der Waals surface area contributed by atoms with Crippen molar-refractivity contribution in [2.24, 2.45) is 0 Å². The second kappa shape index (κ2) is 7.08. The van der Waals surface area contributed by atoms with Crippen LogP contribution in [0.2, 0.25) is 5.02 Å². The number of rotatable bonds is 4. The van der Waals surface area contributed by atoms with Gasteiger partial charge in [0.1, 0.15) is 0 Å². The minimum absolute atomic E-state index is 0.000757. The number of hydrogen-bond donors (Lipinski definition) is 3. The van der Waals surface area contributed by atoms with E-state index in [0.29, 0.717) is 22.2 Å². The van der Waals surface area contributed by atoms with Gasteiger partial charge in [-0.3, -0.25) is 4.40 Å². The summed E-state index contributed by atoms with van der Waals surface area (Å²) in [7, 11) is 0. The molecule has 0 aliphatic carbocycles. The molecule has 0 unspecified atom stereocenters. The molecule has 0 radical (unpaired) electrons. The van der Waals surface area contributed by atoms with Crippen molar-refractivity contribution in [3.63, 3.8) is 0 Å². The molecular formula is C18H19ClN4O2S. The molecule has 1 aliphatic rings. The fourth-order valence-corrected chi connectivity index (χ4v) is 4.70. The van der Waals surface area contributed by atoms with E-state index in [9.17, 15) is 10.2 Å². The van der Waals surface area contributed by atoms with Gasteiger partial charge in [-0.05, 0) is 24.6 Å². The summed E-state index contributed by atoms with van der Waals surface area (Å²) in [6, 6.07) is 7.69. The third kappa shape index (κ3) is 3.16. The molecule has 1 aliphatic heterocycles. The minimum Gasteiger partial charge on any atom is -0.390 e. The molecule has 4 rings (SSSR count). The van der Waals surface area contributed by atoms with Crippen LogP contribution in [0.5, 0.6) is 0 Å². The number of aliphatic hydroxyl groups is 2. The summed E-state index contributed by atoms with van der Waals surface area (Å²) >= 11 is 7.62. The van der Waals surface area contributed by atoms with E-state index >= 15 is 0 Å². The first-order valence-corrected chi connectivity index (χ1v) is 9.79. The number of imidazole rings is 1. The van der Waals surface area contributed by atoms with Crippen LogP contribution in [0.25, 0.3) is 5.65 Å². The van der Waals surface area contributed by atoms with Crippen molar-refractivity contribution in [1.82, 2.24) is 14.4 Å². The monoisotopic (exact) mass is 390 g/mol. The highest BCUT2D eigenvalue weighted by Crippen LogP contribution is 2.40. The van der Waals surface area contributed by atoms with Gasteiger partial charge in [0.15, 0.2) is 11.5 Å². The number of nitrogens with one attached hydrogen (secondary N) is 1. The molecule has 26 heavy (non-hydrogen) atoms. The van der Waals surface area contributed by atoms with Crippen molar-refractivity contribution >= 4 is 34.8 Å². The van der Waals surface area contributed by atoms with Crippen LogP contribution in [-0.2, 0) is 0 Å². The Balaban J connectivity index is 1.65. The van der Waals surface area contributed by atoms with E-state index in [0.717, 1.165) is 11.3 Å². The maximum atomic E-state index is 10.2. The van der Waals surface area contributed by atoms with E-state index in [1.165, 1.54) is 11.8 Å². The maximum absolute atomic E-state index is 10.2. The van der Waals surface area contributed by atoms with Crippen LogP contribution in [0, 0.1) is 0 Å². The standard InChI is InChI=1S/C18H19ClN4O2S/c1-10(11-3-2-4-12(19)7-11)22-17-18-21-8-13(23(18)6-5-20-17)16-15(25)14(24)9-26-16/h2-8,10,14-16,24-25H,9H2,1H3,(H,20,22)/t10-,14-,15-,16+/m1/s1. The zero-order valence-electron chi connectivity index (χ0n) is 14.1. The lowest BCUT2D eigenvalue weighted by atomic mass is 10.1. The van der Waals surface area contributed by atoms with Crippen LogP contribution in [0.3, 0.4) is 0 Å². The molecule has 1 aromatic carbocycles. The lowest BCUT2D eigenvalue weighted by Gasteiger charge is -2.17. The van der Waals surface area contributed by atoms with Crippen molar-refractivity contribution in [2.75, 3.05) is 11.1 Å². The lowest BCUT2D eigenvalue weighted by Crippen LogP contribution is -2.25. The minimum atomic E-state index is -0.796. The lowest BCUT2D eigenvalue weighted by molar-refractivity contribution is 0.0411. The largest absolute Gasteiger partial charge is 0.390 e. The molecule has 0 amide bonds. The molecule has 3 N–H and O–H groups in total. The Bertz CT molecular complexity index is 934. The molecule has 3 heterocycles. The SMILES string of the molecule is C[C@@H](Nc1nccn2c([C@@H]3SC[C@@H](O)[C@H]3O)cnc12)c1cccc(Cl)c1. The molecule has 0 saturated carbocycles. The zero-order valence-corrected chi connectivity index (χ0v) is 15.7. The fourth-order valence-electron chi connectivity index (χ4n) is 3.18. The van der Waals surface area contributed by atoms with Crippen molar-refractivity contribution in [2.45, 2.75) is 30.4 Å². The highest BCUT2D eigenvalue weighted by molar-refractivity contribution is 7.99. The molecule has 0 spiro atoms. The van der Waals surface area contributed by atoms with E-state index in [1.807, 2.05) is 41.8 Å². The smallest absolute Gasteiger partial charge is 0.180 e. The second-order valence-electron chi connectivity index (χ2n) is 6.39. The van der Waals surface area contributed by atoms with Crippen molar-refractivity contribution in [3.05, 3.63) is 59.1 Å². The highest BCUT2D eigenvalue weighted by Gasteiger charge is 2.37. The zero-order chi connectivity index (χ0) is 18.3. The molecular weight excluding hydrogens is 372 g/mol.